The van der Waals surface area contributed by atoms with Gasteiger partial charge in [-0.3, -0.25) is 4.79 Å². The number of rotatable bonds is 4. The van der Waals surface area contributed by atoms with E-state index in [0.717, 1.165) is 0 Å². The van der Waals surface area contributed by atoms with Gasteiger partial charge >= 0.3 is 5.97 Å². The summed E-state index contributed by atoms with van der Waals surface area (Å²) in [6.45, 7) is 4.08. The van der Waals surface area contributed by atoms with Crippen LogP contribution in [0.2, 0.25) is 0 Å². The minimum atomic E-state index is -0.872. The highest BCUT2D eigenvalue weighted by Crippen LogP contribution is 2.24. The predicted molar refractivity (Wildman–Crippen MR) is 43.0 cm³/mol. The lowest BCUT2D eigenvalue weighted by Gasteiger charge is -2.28. The van der Waals surface area contributed by atoms with Crippen LogP contribution in [0, 0.1) is 11.3 Å². The summed E-state index contributed by atoms with van der Waals surface area (Å²) in [5, 5.41) is 8.70. The van der Waals surface area contributed by atoms with E-state index in [1.807, 2.05) is 0 Å². The molecule has 0 aliphatic rings. The fourth-order valence-electron chi connectivity index (χ4n) is 0.896. The minimum absolute atomic E-state index is 0.138. The topological polar surface area (TPSA) is 89.3 Å². The maximum absolute atomic E-state index is 10.6. The Hall–Kier alpha value is -0.610. The second-order valence-electron chi connectivity index (χ2n) is 3.32. The maximum atomic E-state index is 10.6. The molecule has 4 nitrogen and oxygen atoms in total. The summed E-state index contributed by atoms with van der Waals surface area (Å²) in [7, 11) is 0. The third-order valence-electron chi connectivity index (χ3n) is 2.00. The van der Waals surface area contributed by atoms with Gasteiger partial charge < -0.3 is 16.6 Å². The molecular weight excluding hydrogens is 144 g/mol. The Kier molecular flexibility index (Phi) is 3.48. The number of nitrogens with two attached hydrogens (primary N) is 2. The molecule has 0 aromatic heterocycles. The van der Waals surface area contributed by atoms with Gasteiger partial charge in [0.25, 0.3) is 0 Å². The van der Waals surface area contributed by atoms with E-state index in [9.17, 15) is 4.79 Å². The maximum Gasteiger partial charge on any atom is 0.308 e. The van der Waals surface area contributed by atoms with Gasteiger partial charge in [0.1, 0.15) is 0 Å². The van der Waals surface area contributed by atoms with Crippen LogP contribution in [0.5, 0.6) is 0 Å². The molecule has 0 aliphatic heterocycles. The van der Waals surface area contributed by atoms with E-state index in [4.69, 9.17) is 16.6 Å². The number of hydrogen-bond acceptors (Lipinski definition) is 3. The van der Waals surface area contributed by atoms with Crippen LogP contribution < -0.4 is 11.5 Å². The number of carboxylic acids is 1. The largest absolute Gasteiger partial charge is 0.481 e. The lowest BCUT2D eigenvalue weighted by molar-refractivity contribution is -0.145. The van der Waals surface area contributed by atoms with Crippen molar-refractivity contribution in [3.8, 4) is 0 Å². The number of hydrogen-bond donors (Lipinski definition) is 3. The summed E-state index contributed by atoms with van der Waals surface area (Å²) < 4.78 is 0. The Labute approximate surface area is 66.6 Å². The number of carboxylic acid groups (broad SMARTS) is 1. The monoisotopic (exact) mass is 160 g/mol. The molecule has 11 heavy (non-hydrogen) atoms. The van der Waals surface area contributed by atoms with Crippen LogP contribution in [0.15, 0.2) is 0 Å². The summed E-state index contributed by atoms with van der Waals surface area (Å²) >= 11 is 0. The highest BCUT2D eigenvalue weighted by molar-refractivity contribution is 5.71. The molecule has 0 aromatic rings. The van der Waals surface area contributed by atoms with E-state index in [2.05, 4.69) is 0 Å². The molecule has 0 heterocycles. The Morgan fingerprint density at radius 1 is 1.55 bits per heavy atom. The summed E-state index contributed by atoms with van der Waals surface area (Å²) in [5.74, 6) is -1.42. The van der Waals surface area contributed by atoms with Gasteiger partial charge in [0, 0.05) is 6.54 Å². The van der Waals surface area contributed by atoms with E-state index < -0.39 is 17.3 Å². The molecule has 0 saturated heterocycles. The molecule has 5 N–H and O–H groups in total. The molecule has 66 valence electrons. The molecule has 0 spiro atoms. The van der Waals surface area contributed by atoms with Crippen molar-refractivity contribution >= 4 is 5.97 Å². The molecule has 0 amide bonds. The van der Waals surface area contributed by atoms with E-state index in [0.29, 0.717) is 6.54 Å². The van der Waals surface area contributed by atoms with Gasteiger partial charge in [0.05, 0.1) is 5.92 Å². The van der Waals surface area contributed by atoms with Gasteiger partial charge in [-0.05, 0) is 12.0 Å². The lowest BCUT2D eigenvalue weighted by atomic mass is 9.79. The van der Waals surface area contributed by atoms with Crippen molar-refractivity contribution in [1.29, 1.82) is 0 Å². The van der Waals surface area contributed by atoms with Gasteiger partial charge in [-0.1, -0.05) is 13.8 Å². The zero-order valence-electron chi connectivity index (χ0n) is 7.00. The quantitative estimate of drug-likeness (QED) is 0.523. The summed E-state index contributed by atoms with van der Waals surface area (Å²) in [5.41, 5.74) is 10.3. The fraction of sp³-hybridized carbons (Fsp3) is 0.857. The molecular formula is C7H16N2O2. The van der Waals surface area contributed by atoms with Crippen LogP contribution in [0.4, 0.5) is 0 Å². The predicted octanol–water partition coefficient (Wildman–Crippen LogP) is -0.369. The Balaban J connectivity index is 4.36. The molecule has 0 unspecified atom stereocenters. The number of aliphatic carboxylic acids is 1. The van der Waals surface area contributed by atoms with Crippen LogP contribution in [0.25, 0.3) is 0 Å². The van der Waals surface area contributed by atoms with Gasteiger partial charge in [-0.2, -0.15) is 0 Å². The molecule has 1 atom stereocenters. The molecule has 0 radical (unpaired) electrons. The Morgan fingerprint density at radius 3 is 2.09 bits per heavy atom. The van der Waals surface area contributed by atoms with E-state index in [-0.39, 0.29) is 6.54 Å². The second-order valence-corrected chi connectivity index (χ2v) is 3.32. The average Bonchev–Trinajstić information content (AvgIpc) is 1.88. The van der Waals surface area contributed by atoms with Crippen molar-refractivity contribution in [2.24, 2.45) is 22.8 Å². The van der Waals surface area contributed by atoms with Gasteiger partial charge in [0.15, 0.2) is 0 Å². The molecule has 0 fully saturated rings. The van der Waals surface area contributed by atoms with E-state index >= 15 is 0 Å². The van der Waals surface area contributed by atoms with E-state index in [1.54, 1.807) is 13.8 Å². The van der Waals surface area contributed by atoms with Crippen LogP contribution in [0.3, 0.4) is 0 Å². The smallest absolute Gasteiger partial charge is 0.308 e. The standard InChI is InChI=1S/C7H16N2O2/c1-7(2,4-9)5(3-8)6(10)11/h5H,3-4,8-9H2,1-2H3,(H,10,11)/t5-/m1/s1. The summed E-state index contributed by atoms with van der Waals surface area (Å²) in [6, 6.07) is 0. The first kappa shape index (κ1) is 10.4. The van der Waals surface area contributed by atoms with Crippen LogP contribution in [-0.2, 0) is 4.79 Å². The number of carbonyl (C=O) groups is 1. The van der Waals surface area contributed by atoms with Crippen molar-refractivity contribution in [2.75, 3.05) is 13.1 Å². The average molecular weight is 160 g/mol. The van der Waals surface area contributed by atoms with Gasteiger partial charge in [0.2, 0.25) is 0 Å². The minimum Gasteiger partial charge on any atom is -0.481 e. The molecule has 0 aliphatic carbocycles. The van der Waals surface area contributed by atoms with Crippen molar-refractivity contribution in [3.63, 3.8) is 0 Å². The second kappa shape index (κ2) is 3.69. The first-order valence-corrected chi connectivity index (χ1v) is 3.58. The van der Waals surface area contributed by atoms with Crippen LogP contribution >= 0.6 is 0 Å². The highest BCUT2D eigenvalue weighted by Gasteiger charge is 2.32. The van der Waals surface area contributed by atoms with E-state index in [1.165, 1.54) is 0 Å². The van der Waals surface area contributed by atoms with Gasteiger partial charge in [-0.25, -0.2) is 0 Å². The van der Waals surface area contributed by atoms with Gasteiger partial charge in [-0.15, -0.1) is 0 Å². The third kappa shape index (κ3) is 2.48. The normalized spacial score (nSPS) is 14.5. The molecule has 0 aromatic carbocycles. The summed E-state index contributed by atoms with van der Waals surface area (Å²) in [6.07, 6.45) is 0. The SMILES string of the molecule is CC(C)(CN)[C@H](CN)C(=O)O. The Morgan fingerprint density at radius 2 is 2.00 bits per heavy atom. The van der Waals surface area contributed by atoms with Crippen molar-refractivity contribution < 1.29 is 9.90 Å². The third-order valence-corrected chi connectivity index (χ3v) is 2.00. The molecule has 0 bridgehead atoms. The van der Waals surface area contributed by atoms with Crippen LogP contribution in [0.1, 0.15) is 13.8 Å². The molecule has 4 heteroatoms. The van der Waals surface area contributed by atoms with Crippen molar-refractivity contribution in [3.05, 3.63) is 0 Å². The lowest BCUT2D eigenvalue weighted by Crippen LogP contribution is -2.41. The Bertz CT molecular complexity index is 145. The van der Waals surface area contributed by atoms with Crippen molar-refractivity contribution in [1.82, 2.24) is 0 Å². The first-order valence-electron chi connectivity index (χ1n) is 3.58. The molecule has 0 saturated carbocycles. The summed E-state index contributed by atoms with van der Waals surface area (Å²) in [4.78, 5) is 10.6. The highest BCUT2D eigenvalue weighted by atomic mass is 16.4. The first-order chi connectivity index (χ1) is 4.95. The zero-order valence-corrected chi connectivity index (χ0v) is 7.00. The van der Waals surface area contributed by atoms with Crippen LogP contribution in [-0.4, -0.2) is 24.2 Å². The van der Waals surface area contributed by atoms with Crippen molar-refractivity contribution in [2.45, 2.75) is 13.8 Å². The molecule has 0 rings (SSSR count). The zero-order chi connectivity index (χ0) is 9.07. The fourth-order valence-corrected chi connectivity index (χ4v) is 0.896.